The molecule has 100 valence electrons. The summed E-state index contributed by atoms with van der Waals surface area (Å²) in [5, 5.41) is 2.74. The van der Waals surface area contributed by atoms with Gasteiger partial charge in [0.25, 0.3) is 5.91 Å². The van der Waals surface area contributed by atoms with Crippen LogP contribution in [-0.4, -0.2) is 44.6 Å². The van der Waals surface area contributed by atoms with Crippen molar-refractivity contribution in [1.82, 2.24) is 10.2 Å². The van der Waals surface area contributed by atoms with Crippen LogP contribution in [0.25, 0.3) is 0 Å². The van der Waals surface area contributed by atoms with E-state index in [4.69, 9.17) is 4.74 Å². The van der Waals surface area contributed by atoms with E-state index in [1.165, 1.54) is 19.2 Å². The number of ether oxygens (including phenoxy) is 1. The maximum Gasteiger partial charge on any atom is 0.254 e. The van der Waals surface area contributed by atoms with E-state index in [1.807, 2.05) is 25.9 Å². The molecule has 1 unspecified atom stereocenters. The molecule has 0 saturated carbocycles. The first-order chi connectivity index (χ1) is 8.43. The standard InChI is InChI=1S/C13H19FN2O2/c1-9(8-16(2)3)15-13(17)11-6-5-10(18-4)7-12(11)14/h5-7,9H,8H2,1-4H3,(H,15,17). The fourth-order valence-corrected chi connectivity index (χ4v) is 1.70. The highest BCUT2D eigenvalue weighted by Gasteiger charge is 2.15. The Morgan fingerprint density at radius 2 is 2.17 bits per heavy atom. The van der Waals surface area contributed by atoms with Gasteiger partial charge < -0.3 is 15.0 Å². The number of benzene rings is 1. The van der Waals surface area contributed by atoms with Gasteiger partial charge in [-0.15, -0.1) is 0 Å². The summed E-state index contributed by atoms with van der Waals surface area (Å²) in [6.45, 7) is 2.57. The van der Waals surface area contributed by atoms with Crippen molar-refractivity contribution in [3.8, 4) is 5.75 Å². The molecule has 1 aromatic carbocycles. The monoisotopic (exact) mass is 254 g/mol. The number of nitrogens with one attached hydrogen (secondary N) is 1. The molecular weight excluding hydrogens is 235 g/mol. The van der Waals surface area contributed by atoms with E-state index in [9.17, 15) is 9.18 Å². The SMILES string of the molecule is COc1ccc(C(=O)NC(C)CN(C)C)c(F)c1. The van der Waals surface area contributed by atoms with Crippen LogP contribution in [0.15, 0.2) is 18.2 Å². The van der Waals surface area contributed by atoms with Crippen molar-refractivity contribution >= 4 is 5.91 Å². The highest BCUT2D eigenvalue weighted by molar-refractivity contribution is 5.94. The zero-order chi connectivity index (χ0) is 13.7. The van der Waals surface area contributed by atoms with Gasteiger partial charge in [-0.25, -0.2) is 4.39 Å². The third-order valence-electron chi connectivity index (χ3n) is 2.44. The highest BCUT2D eigenvalue weighted by atomic mass is 19.1. The number of halogens is 1. The normalized spacial score (nSPS) is 12.3. The molecule has 1 N–H and O–H groups in total. The quantitative estimate of drug-likeness (QED) is 0.866. The van der Waals surface area contributed by atoms with Gasteiger partial charge in [-0.3, -0.25) is 4.79 Å². The first kappa shape index (κ1) is 14.4. The predicted octanol–water partition coefficient (Wildman–Crippen LogP) is 1.51. The summed E-state index contributed by atoms with van der Waals surface area (Å²) in [7, 11) is 5.28. The van der Waals surface area contributed by atoms with Crippen molar-refractivity contribution in [3.05, 3.63) is 29.6 Å². The maximum absolute atomic E-state index is 13.6. The molecule has 0 aliphatic rings. The molecule has 4 nitrogen and oxygen atoms in total. The van der Waals surface area contributed by atoms with Gasteiger partial charge in [-0.1, -0.05) is 0 Å². The van der Waals surface area contributed by atoms with E-state index >= 15 is 0 Å². The molecule has 18 heavy (non-hydrogen) atoms. The van der Waals surface area contributed by atoms with Crippen LogP contribution in [0.5, 0.6) is 5.75 Å². The number of carbonyl (C=O) groups excluding carboxylic acids is 1. The number of hydrogen-bond donors (Lipinski definition) is 1. The molecule has 0 saturated heterocycles. The number of carbonyl (C=O) groups is 1. The summed E-state index contributed by atoms with van der Waals surface area (Å²) < 4.78 is 18.5. The molecule has 0 bridgehead atoms. The molecule has 5 heteroatoms. The molecule has 0 radical (unpaired) electrons. The topological polar surface area (TPSA) is 41.6 Å². The zero-order valence-electron chi connectivity index (χ0n) is 11.2. The average Bonchev–Trinajstić information content (AvgIpc) is 2.27. The van der Waals surface area contributed by atoms with Crippen LogP contribution in [0.2, 0.25) is 0 Å². The Labute approximate surface area is 107 Å². The fraction of sp³-hybridized carbons (Fsp3) is 0.462. The highest BCUT2D eigenvalue weighted by Crippen LogP contribution is 2.16. The van der Waals surface area contributed by atoms with E-state index in [-0.39, 0.29) is 11.6 Å². The summed E-state index contributed by atoms with van der Waals surface area (Å²) in [6.07, 6.45) is 0. The lowest BCUT2D eigenvalue weighted by Crippen LogP contribution is -2.39. The second-order valence-electron chi connectivity index (χ2n) is 4.48. The predicted molar refractivity (Wildman–Crippen MR) is 68.4 cm³/mol. The van der Waals surface area contributed by atoms with Crippen molar-refractivity contribution in [3.63, 3.8) is 0 Å². The van der Waals surface area contributed by atoms with Crippen LogP contribution in [0, 0.1) is 5.82 Å². The van der Waals surface area contributed by atoms with Crippen LogP contribution in [-0.2, 0) is 0 Å². The van der Waals surface area contributed by atoms with Crippen molar-refractivity contribution in [1.29, 1.82) is 0 Å². The fourth-order valence-electron chi connectivity index (χ4n) is 1.70. The van der Waals surface area contributed by atoms with Gasteiger partial charge in [-0.05, 0) is 33.2 Å². The summed E-state index contributed by atoms with van der Waals surface area (Å²) in [4.78, 5) is 13.8. The molecule has 0 aliphatic heterocycles. The first-order valence-electron chi connectivity index (χ1n) is 5.73. The Morgan fingerprint density at radius 3 is 2.67 bits per heavy atom. The third kappa shape index (κ3) is 4.00. The average molecular weight is 254 g/mol. The second-order valence-corrected chi connectivity index (χ2v) is 4.48. The van der Waals surface area contributed by atoms with Crippen molar-refractivity contribution in [2.24, 2.45) is 0 Å². The Balaban J connectivity index is 2.72. The second kappa shape index (κ2) is 6.35. The van der Waals surface area contributed by atoms with Crippen molar-refractivity contribution in [2.45, 2.75) is 13.0 Å². The van der Waals surface area contributed by atoms with Gasteiger partial charge >= 0.3 is 0 Å². The first-order valence-corrected chi connectivity index (χ1v) is 5.73. The van der Waals surface area contributed by atoms with Crippen molar-refractivity contribution in [2.75, 3.05) is 27.7 Å². The largest absolute Gasteiger partial charge is 0.497 e. The van der Waals surface area contributed by atoms with Crippen LogP contribution >= 0.6 is 0 Å². The number of rotatable bonds is 5. The summed E-state index contributed by atoms with van der Waals surface area (Å²) in [5.41, 5.74) is 0.0291. The number of methoxy groups -OCH3 is 1. The van der Waals surface area contributed by atoms with Crippen LogP contribution in [0.1, 0.15) is 17.3 Å². The van der Waals surface area contributed by atoms with E-state index in [0.29, 0.717) is 12.3 Å². The molecule has 1 rings (SSSR count). The minimum atomic E-state index is -0.580. The number of nitrogens with zero attached hydrogens (tertiary/aromatic N) is 1. The lowest BCUT2D eigenvalue weighted by molar-refractivity contribution is 0.0930. The minimum absolute atomic E-state index is 0.0291. The van der Waals surface area contributed by atoms with Crippen molar-refractivity contribution < 1.29 is 13.9 Å². The van der Waals surface area contributed by atoms with Crippen LogP contribution in [0.4, 0.5) is 4.39 Å². The van der Waals surface area contributed by atoms with Gasteiger partial charge in [0.15, 0.2) is 0 Å². The molecule has 0 aromatic heterocycles. The number of amides is 1. The zero-order valence-corrected chi connectivity index (χ0v) is 11.2. The van der Waals surface area contributed by atoms with Crippen LogP contribution < -0.4 is 10.1 Å². The lowest BCUT2D eigenvalue weighted by Gasteiger charge is -2.18. The summed E-state index contributed by atoms with van der Waals surface area (Å²) in [6, 6.07) is 4.14. The Bertz CT molecular complexity index is 421. The van der Waals surface area contributed by atoms with E-state index < -0.39 is 11.7 Å². The summed E-state index contributed by atoms with van der Waals surface area (Å²) in [5.74, 6) is -0.598. The lowest BCUT2D eigenvalue weighted by atomic mass is 10.1. The van der Waals surface area contributed by atoms with Gasteiger partial charge in [-0.2, -0.15) is 0 Å². The molecule has 0 fully saturated rings. The van der Waals surface area contributed by atoms with E-state index in [0.717, 1.165) is 0 Å². The molecule has 0 heterocycles. The van der Waals surface area contributed by atoms with E-state index in [1.54, 1.807) is 6.07 Å². The Kier molecular flexibility index (Phi) is 5.09. The minimum Gasteiger partial charge on any atom is -0.497 e. The van der Waals surface area contributed by atoms with Gasteiger partial charge in [0, 0.05) is 18.7 Å². The number of hydrogen-bond acceptors (Lipinski definition) is 3. The van der Waals surface area contributed by atoms with Gasteiger partial charge in [0.2, 0.25) is 0 Å². The molecule has 0 aliphatic carbocycles. The maximum atomic E-state index is 13.6. The van der Waals surface area contributed by atoms with E-state index in [2.05, 4.69) is 5.32 Å². The molecule has 0 spiro atoms. The van der Waals surface area contributed by atoms with Gasteiger partial charge in [0.1, 0.15) is 11.6 Å². The molecule has 1 atom stereocenters. The van der Waals surface area contributed by atoms with Gasteiger partial charge in [0.05, 0.1) is 12.7 Å². The van der Waals surface area contributed by atoms with Crippen LogP contribution in [0.3, 0.4) is 0 Å². The summed E-state index contributed by atoms with van der Waals surface area (Å²) >= 11 is 0. The number of likely N-dealkylation sites (N-methyl/N-ethyl adjacent to an activating group) is 1. The Hall–Kier alpha value is -1.62. The Morgan fingerprint density at radius 1 is 1.50 bits per heavy atom. The molecule has 1 aromatic rings. The smallest absolute Gasteiger partial charge is 0.254 e. The third-order valence-corrected chi connectivity index (χ3v) is 2.44. The molecular formula is C13H19FN2O2. The molecule has 1 amide bonds.